The second kappa shape index (κ2) is 24.7. The van der Waals surface area contributed by atoms with Crippen molar-refractivity contribution in [3.8, 4) is 0 Å². The van der Waals surface area contributed by atoms with Crippen LogP contribution in [-0.4, -0.2) is 91.1 Å². The molecule has 1 saturated heterocycles. The van der Waals surface area contributed by atoms with E-state index >= 15 is 8.78 Å². The number of aliphatic hydroxyl groups excluding tert-OH is 2. The van der Waals surface area contributed by atoms with Crippen molar-refractivity contribution in [2.45, 2.75) is 195 Å². The number of aliphatic hydroxyl groups is 4. The molecule has 0 radical (unpaired) electrons. The molecule has 4 spiro atoms. The first-order valence-corrected chi connectivity index (χ1v) is 31.6. The molecule has 1 unspecified atom stereocenters. The molecule has 12 rings (SSSR count). The van der Waals surface area contributed by atoms with Gasteiger partial charge in [-0.2, -0.15) is 0 Å². The molecule has 0 aromatic heterocycles. The van der Waals surface area contributed by atoms with Gasteiger partial charge in [0.2, 0.25) is 11.8 Å². The predicted molar refractivity (Wildman–Crippen MR) is 333 cm³/mol. The number of carbonyl (C=O) groups excluding carboxylic acids is 3. The predicted octanol–water partition coefficient (Wildman–Crippen LogP) is 13.1. The van der Waals surface area contributed by atoms with E-state index in [1.165, 1.54) is 18.2 Å². The molecule has 0 bridgehead atoms. The number of ketones is 1. The van der Waals surface area contributed by atoms with E-state index in [0.29, 0.717) is 96.8 Å². The Morgan fingerprint density at radius 3 is 1.53 bits per heavy atom. The first-order valence-electron chi connectivity index (χ1n) is 30.1. The summed E-state index contributed by atoms with van der Waals surface area (Å²) in [4.78, 5) is 55.6. The Bertz CT molecular complexity index is 3240. The van der Waals surface area contributed by atoms with Crippen LogP contribution in [0.25, 0.3) is 0 Å². The lowest BCUT2D eigenvalue weighted by molar-refractivity contribution is -0.139. The van der Waals surface area contributed by atoms with Gasteiger partial charge >= 0.3 is 5.97 Å². The highest BCUT2D eigenvalue weighted by atomic mass is 35.5. The van der Waals surface area contributed by atoms with Gasteiger partial charge in [-0.1, -0.05) is 110 Å². The fourth-order valence-electron chi connectivity index (χ4n) is 16.7. The number of halogens is 7. The second-order valence-corrected chi connectivity index (χ2v) is 29.5. The van der Waals surface area contributed by atoms with E-state index in [1.54, 1.807) is 48.5 Å². The number of nitrogens with one attached hydrogen (secondary N) is 3. The van der Waals surface area contributed by atoms with E-state index < -0.39 is 74.4 Å². The van der Waals surface area contributed by atoms with Crippen LogP contribution in [0.15, 0.2) is 72.8 Å². The van der Waals surface area contributed by atoms with Crippen molar-refractivity contribution < 1.29 is 53.5 Å². The molecule has 10 N–H and O–H groups in total. The van der Waals surface area contributed by atoms with Crippen LogP contribution in [0.3, 0.4) is 0 Å². The Labute approximate surface area is 528 Å². The van der Waals surface area contributed by atoms with Crippen LogP contribution < -0.4 is 21.7 Å². The lowest BCUT2D eigenvalue weighted by Gasteiger charge is -2.51. The van der Waals surface area contributed by atoms with Crippen molar-refractivity contribution in [3.05, 3.63) is 127 Å². The average Bonchev–Trinajstić information content (AvgIpc) is 1.52. The molecule has 20 heteroatoms. The van der Waals surface area contributed by atoms with Crippen molar-refractivity contribution in [1.29, 1.82) is 0 Å². The van der Waals surface area contributed by atoms with Crippen LogP contribution in [0.2, 0.25) is 20.1 Å². The Balaban J connectivity index is 0.000000178. The summed E-state index contributed by atoms with van der Waals surface area (Å²) in [6, 6.07) is 19.1. The first kappa shape index (κ1) is 66.4. The summed E-state index contributed by atoms with van der Waals surface area (Å²) in [5.74, 6) is -5.13. The third-order valence-electron chi connectivity index (χ3n) is 21.7. The van der Waals surface area contributed by atoms with Gasteiger partial charge in [-0.25, -0.2) is 8.78 Å². The molecule has 3 heterocycles. The van der Waals surface area contributed by atoms with Crippen molar-refractivity contribution in [2.75, 3.05) is 23.8 Å². The maximum absolute atomic E-state index is 16.1. The van der Waals surface area contributed by atoms with Crippen LogP contribution in [0.1, 0.15) is 177 Å². The molecular weight excluding hydrogens is 1210 g/mol. The maximum Gasteiger partial charge on any atom is 0.321 e. The molecule has 5 saturated carbocycles. The smallest absolute Gasteiger partial charge is 0.321 e. The summed E-state index contributed by atoms with van der Waals surface area (Å²) < 4.78 is 31.6. The van der Waals surface area contributed by atoms with Gasteiger partial charge in [-0.05, 0) is 190 Å². The number of fused-ring (bicyclic) bond motifs is 6. The van der Waals surface area contributed by atoms with Crippen molar-refractivity contribution in [3.63, 3.8) is 0 Å². The lowest BCUT2D eigenvalue weighted by Crippen LogP contribution is -2.61. The Morgan fingerprint density at radius 1 is 0.616 bits per heavy atom. The monoisotopic (exact) mass is 1290 g/mol. The van der Waals surface area contributed by atoms with E-state index in [1.807, 2.05) is 6.07 Å². The van der Waals surface area contributed by atoms with Gasteiger partial charge in [0.25, 0.3) is 0 Å². The molecule has 4 aromatic carbocycles. The van der Waals surface area contributed by atoms with Crippen LogP contribution >= 0.6 is 58.8 Å². The number of benzene rings is 4. The second-order valence-electron chi connectivity index (χ2n) is 27.8. The molecule has 4 aromatic rings. The highest BCUT2D eigenvalue weighted by molar-refractivity contribution is 6.32. The molecule has 6 atom stereocenters. The molecule has 5 aliphatic carbocycles. The molecule has 13 nitrogen and oxygen atoms in total. The molecule has 2 amide bonds. The SMILES string of the molecule is CC1(C)CCC2(CC1)C[C@@H](C(=O)CC1CCC(O)(CO)CC1)[C@H](c1cccc(Cl)c1F)[C@]21C(=O)Nc2cc(Cl)ccc21.CC1(C)CCC2(CC1)N[C@@H](C(=O)O)[C@H](c1cccc(Cl)c1F)C21C(=O)Nc2cc(Cl)ccc21.Cl.NC1CCC(O)(CO)CC1. The zero-order valence-electron chi connectivity index (χ0n) is 49.2. The quantitative estimate of drug-likeness (QED) is 0.0805. The van der Waals surface area contributed by atoms with E-state index in [0.717, 1.165) is 56.9 Å². The number of anilines is 2. The number of hydrogen-bond acceptors (Lipinski definition) is 10. The largest absolute Gasteiger partial charge is 0.480 e. The third kappa shape index (κ3) is 11.6. The summed E-state index contributed by atoms with van der Waals surface area (Å²) in [7, 11) is 0. The number of carboxylic acid groups (broad SMARTS) is 1. The van der Waals surface area contributed by atoms with Crippen LogP contribution in [0.4, 0.5) is 20.2 Å². The summed E-state index contributed by atoms with van der Waals surface area (Å²) in [6.45, 7) is 8.43. The van der Waals surface area contributed by atoms with E-state index in [-0.39, 0.29) is 81.6 Å². The van der Waals surface area contributed by atoms with Crippen LogP contribution in [0.5, 0.6) is 0 Å². The number of aliphatic carboxylic acids is 1. The number of rotatable bonds is 8. The maximum atomic E-state index is 16.1. The molecular formula is C66H81Cl5F2N4O9. The van der Waals surface area contributed by atoms with E-state index in [4.69, 9.17) is 57.2 Å². The van der Waals surface area contributed by atoms with Crippen molar-refractivity contribution >= 4 is 93.8 Å². The van der Waals surface area contributed by atoms with Gasteiger partial charge in [0.15, 0.2) is 0 Å². The highest BCUT2D eigenvalue weighted by Crippen LogP contribution is 2.73. The molecule has 8 aliphatic rings. The number of amides is 2. The minimum Gasteiger partial charge on any atom is -0.480 e. The number of carbonyl (C=O) groups is 4. The summed E-state index contributed by atoms with van der Waals surface area (Å²) in [6.07, 6.45) is 12.0. The van der Waals surface area contributed by atoms with E-state index in [9.17, 15) is 39.6 Å². The number of carboxylic acids is 1. The Morgan fingerprint density at radius 2 is 1.06 bits per heavy atom. The normalized spacial score (nSPS) is 32.3. The third-order valence-corrected chi connectivity index (χ3v) is 22.8. The van der Waals surface area contributed by atoms with Crippen molar-refractivity contribution in [2.24, 2.45) is 33.8 Å². The molecule has 86 heavy (non-hydrogen) atoms. The summed E-state index contributed by atoms with van der Waals surface area (Å²) in [5, 5.41) is 58.9. The van der Waals surface area contributed by atoms with Gasteiger partial charge in [-0.15, -0.1) is 12.4 Å². The zero-order chi connectivity index (χ0) is 61.5. The Kier molecular flexibility index (Phi) is 19.1. The minimum atomic E-state index is -1.34. The van der Waals surface area contributed by atoms with Gasteiger partial charge in [0.05, 0.1) is 39.9 Å². The van der Waals surface area contributed by atoms with Crippen LogP contribution in [0, 0.1) is 39.7 Å². The topological polar surface area (TPSA) is 232 Å². The Hall–Kier alpha value is -3.97. The average molecular weight is 1290 g/mol. The standard InChI is InChI=1S/C34H40Cl2FNO4.C25H25Cl2FN2O3.C7H15NO2.ClH/c1-31(2)12-14-32(15-13-31)18-23(27(40)16-20-8-10-33(42,19-39)11-9-20)28(22-4-3-5-25(36)29(22)37)34(32)24-7-6-21(35)17-26(24)38-30(34)41;1-23(2)8-10-24(11-9-23)25(15-7-6-13(26)12-17(15)29-22(25)33)18(20(30-24)21(31)32)14-4-3-5-16(27)19(14)28;8-6-1-3-7(10,5-9)4-2-6;/h3-7,17,20,23,28,39,42H,8-16,18-19H2,1-2H3,(H,38,41);3-7,12,18,20,30H,8-11H2,1-2H3,(H,29,33)(H,31,32);6,9-10H,1-5,8H2;1H/t20?,23-,28-,33?,34+;18-,20+,25?;;/m00../s1. The summed E-state index contributed by atoms with van der Waals surface area (Å²) in [5.41, 5.74) is 3.03. The fraction of sp³-hybridized carbons (Fsp3) is 0.576. The van der Waals surface area contributed by atoms with Crippen molar-refractivity contribution in [1.82, 2.24) is 5.32 Å². The lowest BCUT2D eigenvalue weighted by atomic mass is 9.51. The minimum absolute atomic E-state index is 0. The van der Waals surface area contributed by atoms with Gasteiger partial charge < -0.3 is 41.9 Å². The van der Waals surface area contributed by atoms with E-state index in [2.05, 4.69) is 43.6 Å². The number of nitrogens with two attached hydrogens (primary N) is 1. The van der Waals surface area contributed by atoms with Gasteiger partial charge in [0, 0.05) is 57.2 Å². The van der Waals surface area contributed by atoms with Gasteiger partial charge in [0.1, 0.15) is 28.9 Å². The highest BCUT2D eigenvalue weighted by Gasteiger charge is 2.74. The first-order chi connectivity index (χ1) is 40.0. The van der Waals surface area contributed by atoms with Crippen LogP contribution in [-0.2, 0) is 30.0 Å². The number of Topliss-reactive ketones (excluding diaryl/α,β-unsaturated/α-hetero) is 1. The summed E-state index contributed by atoms with van der Waals surface area (Å²) >= 11 is 25.1. The fourth-order valence-corrected chi connectivity index (χ4v) is 17.4. The van der Waals surface area contributed by atoms with Gasteiger partial charge in [-0.3, -0.25) is 24.5 Å². The molecule has 3 aliphatic heterocycles. The molecule has 468 valence electrons. The number of hydrogen-bond donors (Lipinski definition) is 9. The zero-order valence-corrected chi connectivity index (χ0v) is 53.0. The molecule has 6 fully saturated rings.